The van der Waals surface area contributed by atoms with Crippen LogP contribution >= 0.6 is 0 Å². The summed E-state index contributed by atoms with van der Waals surface area (Å²) >= 11 is 0. The maximum Gasteiger partial charge on any atom is 0.407 e. The highest BCUT2D eigenvalue weighted by molar-refractivity contribution is 5.89. The molecule has 0 aliphatic carbocycles. The molecule has 7 heteroatoms. The largest absolute Gasteiger partial charge is 0.480 e. The van der Waals surface area contributed by atoms with E-state index in [0.29, 0.717) is 0 Å². The van der Waals surface area contributed by atoms with E-state index >= 15 is 0 Å². The number of alkyl carbamates (subject to hydrolysis) is 1. The molecule has 2 amide bonds. The number of carbonyl (C=O) groups excluding carboxylic acids is 2. The van der Waals surface area contributed by atoms with Gasteiger partial charge in [0.15, 0.2) is 0 Å². The lowest BCUT2D eigenvalue weighted by Crippen LogP contribution is -2.54. The van der Waals surface area contributed by atoms with Gasteiger partial charge in [0.25, 0.3) is 0 Å². The van der Waals surface area contributed by atoms with Gasteiger partial charge in [0.1, 0.15) is 12.1 Å². The molecule has 126 valence electrons. The first kappa shape index (κ1) is 18.5. The summed E-state index contributed by atoms with van der Waals surface area (Å²) in [4.78, 5) is 35.0. The van der Waals surface area contributed by atoms with Crippen LogP contribution in [-0.2, 0) is 20.7 Å². The van der Waals surface area contributed by atoms with Crippen molar-refractivity contribution in [3.05, 3.63) is 35.9 Å². The topological polar surface area (TPSA) is 105 Å². The number of carboxylic acid groups (broad SMARTS) is 1. The van der Waals surface area contributed by atoms with Crippen molar-refractivity contribution < 1.29 is 24.2 Å². The van der Waals surface area contributed by atoms with Crippen molar-refractivity contribution in [1.29, 1.82) is 0 Å². The summed E-state index contributed by atoms with van der Waals surface area (Å²) in [6.45, 7) is 3.49. The number of carboxylic acids is 1. The molecule has 0 aromatic heterocycles. The summed E-state index contributed by atoms with van der Waals surface area (Å²) in [6.07, 6.45) is -0.584. The molecule has 7 nitrogen and oxygen atoms in total. The quantitative estimate of drug-likeness (QED) is 0.699. The highest BCUT2D eigenvalue weighted by atomic mass is 16.5. The Bertz CT molecular complexity index is 545. The molecule has 0 saturated heterocycles. The molecule has 23 heavy (non-hydrogen) atoms. The summed E-state index contributed by atoms with van der Waals surface area (Å²) < 4.78 is 4.48. The minimum Gasteiger partial charge on any atom is -0.480 e. The molecule has 3 N–H and O–H groups in total. The van der Waals surface area contributed by atoms with Crippen LogP contribution in [0.5, 0.6) is 0 Å². The van der Waals surface area contributed by atoms with E-state index in [9.17, 15) is 19.5 Å². The van der Waals surface area contributed by atoms with Crippen LogP contribution in [0.3, 0.4) is 0 Å². The number of benzene rings is 1. The number of ether oxygens (including phenoxy) is 1. The van der Waals surface area contributed by atoms with Gasteiger partial charge in [-0.05, 0) is 11.5 Å². The van der Waals surface area contributed by atoms with Gasteiger partial charge in [0.05, 0.1) is 7.11 Å². The van der Waals surface area contributed by atoms with E-state index in [-0.39, 0.29) is 12.3 Å². The Morgan fingerprint density at radius 3 is 2.22 bits per heavy atom. The zero-order valence-electron chi connectivity index (χ0n) is 13.4. The molecule has 0 saturated carbocycles. The first-order chi connectivity index (χ1) is 10.8. The molecule has 0 fully saturated rings. The molecule has 1 aromatic rings. The van der Waals surface area contributed by atoms with Crippen LogP contribution in [0.1, 0.15) is 19.4 Å². The van der Waals surface area contributed by atoms with Gasteiger partial charge in [-0.15, -0.1) is 0 Å². The number of hydrogen-bond acceptors (Lipinski definition) is 4. The standard InChI is InChI=1S/C16H22N2O5/c1-10(2)13(18-16(22)23-3)14(19)17-12(15(20)21)9-11-7-5-4-6-8-11/h4-8,10,12-13H,9H2,1-3H3,(H,17,19)(H,18,22)(H,20,21)/t12?,13-/m0/s1. The van der Waals surface area contributed by atoms with E-state index in [1.807, 2.05) is 6.07 Å². The Morgan fingerprint density at radius 2 is 1.74 bits per heavy atom. The van der Waals surface area contributed by atoms with Crippen molar-refractivity contribution in [2.45, 2.75) is 32.4 Å². The zero-order valence-corrected chi connectivity index (χ0v) is 13.4. The molecule has 0 aliphatic rings. The Balaban J connectivity index is 2.79. The molecular formula is C16H22N2O5. The summed E-state index contributed by atoms with van der Waals surface area (Å²) in [7, 11) is 1.19. The fourth-order valence-electron chi connectivity index (χ4n) is 2.03. The summed E-state index contributed by atoms with van der Waals surface area (Å²) in [5.41, 5.74) is 0.794. The van der Waals surface area contributed by atoms with Gasteiger partial charge in [-0.25, -0.2) is 9.59 Å². The number of rotatable bonds is 7. The highest BCUT2D eigenvalue weighted by Gasteiger charge is 2.28. The minimum absolute atomic E-state index is 0.158. The number of nitrogens with one attached hydrogen (secondary N) is 2. The van der Waals surface area contributed by atoms with Crippen LogP contribution in [-0.4, -0.2) is 42.3 Å². The lowest BCUT2D eigenvalue weighted by atomic mass is 10.0. The second kappa shape index (κ2) is 8.77. The predicted molar refractivity (Wildman–Crippen MR) is 83.9 cm³/mol. The average molecular weight is 322 g/mol. The number of amides is 2. The predicted octanol–water partition coefficient (Wildman–Crippen LogP) is 1.18. The second-order valence-electron chi connectivity index (χ2n) is 5.45. The van der Waals surface area contributed by atoms with Gasteiger partial charge in [0, 0.05) is 6.42 Å². The molecule has 0 radical (unpaired) electrons. The van der Waals surface area contributed by atoms with Gasteiger partial charge in [-0.3, -0.25) is 4.79 Å². The van der Waals surface area contributed by atoms with Gasteiger partial charge < -0.3 is 20.5 Å². The highest BCUT2D eigenvalue weighted by Crippen LogP contribution is 2.06. The Morgan fingerprint density at radius 1 is 1.13 bits per heavy atom. The van der Waals surface area contributed by atoms with E-state index in [4.69, 9.17) is 0 Å². The third-order valence-corrected chi connectivity index (χ3v) is 3.31. The monoisotopic (exact) mass is 322 g/mol. The molecule has 2 atom stereocenters. The molecule has 0 bridgehead atoms. The number of hydrogen-bond donors (Lipinski definition) is 3. The molecular weight excluding hydrogens is 300 g/mol. The molecule has 1 aromatic carbocycles. The second-order valence-corrected chi connectivity index (χ2v) is 5.45. The van der Waals surface area contributed by atoms with Crippen LogP contribution in [0.25, 0.3) is 0 Å². The van der Waals surface area contributed by atoms with Crippen LogP contribution in [0.15, 0.2) is 30.3 Å². The van der Waals surface area contributed by atoms with Crippen molar-refractivity contribution in [2.75, 3.05) is 7.11 Å². The summed E-state index contributed by atoms with van der Waals surface area (Å²) in [5, 5.41) is 14.2. The van der Waals surface area contributed by atoms with E-state index < -0.39 is 30.1 Å². The third kappa shape index (κ3) is 5.98. The van der Waals surface area contributed by atoms with Gasteiger partial charge in [-0.1, -0.05) is 44.2 Å². The van der Waals surface area contributed by atoms with Crippen molar-refractivity contribution in [1.82, 2.24) is 10.6 Å². The van der Waals surface area contributed by atoms with E-state index in [1.165, 1.54) is 7.11 Å². The van der Waals surface area contributed by atoms with E-state index in [1.54, 1.807) is 38.1 Å². The average Bonchev–Trinajstić information content (AvgIpc) is 2.52. The normalized spacial score (nSPS) is 13.0. The van der Waals surface area contributed by atoms with E-state index in [0.717, 1.165) is 5.56 Å². The van der Waals surface area contributed by atoms with Crippen molar-refractivity contribution in [2.24, 2.45) is 5.92 Å². The van der Waals surface area contributed by atoms with Crippen molar-refractivity contribution in [3.63, 3.8) is 0 Å². The fraction of sp³-hybridized carbons (Fsp3) is 0.438. The van der Waals surface area contributed by atoms with Crippen LogP contribution in [0.4, 0.5) is 4.79 Å². The Kier molecular flexibility index (Phi) is 7.05. The van der Waals surface area contributed by atoms with Gasteiger partial charge in [0.2, 0.25) is 5.91 Å². The lowest BCUT2D eigenvalue weighted by molar-refractivity contribution is -0.142. The molecule has 0 spiro atoms. The maximum atomic E-state index is 12.3. The third-order valence-electron chi connectivity index (χ3n) is 3.31. The maximum absolute atomic E-state index is 12.3. The lowest BCUT2D eigenvalue weighted by Gasteiger charge is -2.23. The Hall–Kier alpha value is -2.57. The van der Waals surface area contributed by atoms with Crippen LogP contribution in [0.2, 0.25) is 0 Å². The number of methoxy groups -OCH3 is 1. The number of carbonyl (C=O) groups is 3. The van der Waals surface area contributed by atoms with Crippen LogP contribution in [0, 0.1) is 5.92 Å². The molecule has 0 heterocycles. The summed E-state index contributed by atoms with van der Waals surface area (Å²) in [6, 6.07) is 7.04. The first-order valence-electron chi connectivity index (χ1n) is 7.26. The van der Waals surface area contributed by atoms with Gasteiger partial charge >= 0.3 is 12.1 Å². The van der Waals surface area contributed by atoms with Gasteiger partial charge in [-0.2, -0.15) is 0 Å². The fourth-order valence-corrected chi connectivity index (χ4v) is 2.03. The first-order valence-corrected chi connectivity index (χ1v) is 7.26. The Labute approximate surface area is 135 Å². The summed E-state index contributed by atoms with van der Waals surface area (Å²) in [5.74, 6) is -1.92. The smallest absolute Gasteiger partial charge is 0.407 e. The molecule has 0 aliphatic heterocycles. The van der Waals surface area contributed by atoms with E-state index in [2.05, 4.69) is 15.4 Å². The number of aliphatic carboxylic acids is 1. The minimum atomic E-state index is -1.14. The van der Waals surface area contributed by atoms with Crippen molar-refractivity contribution >= 4 is 18.0 Å². The zero-order chi connectivity index (χ0) is 17.4. The molecule has 1 unspecified atom stereocenters. The van der Waals surface area contributed by atoms with Crippen molar-refractivity contribution in [3.8, 4) is 0 Å². The van der Waals surface area contributed by atoms with Crippen LogP contribution < -0.4 is 10.6 Å². The molecule has 1 rings (SSSR count). The SMILES string of the molecule is COC(=O)N[C@H](C(=O)NC(Cc1ccccc1)C(=O)O)C(C)C.